The van der Waals surface area contributed by atoms with E-state index in [0.29, 0.717) is 57.1 Å². The zero-order chi connectivity index (χ0) is 19.8. The van der Waals surface area contributed by atoms with Crippen LogP contribution in [0.15, 0.2) is 40.9 Å². The third-order valence-electron chi connectivity index (χ3n) is 4.91. The standard InChI is InChI=1S/C21H27N3O4/c1-2-27-14-6-11-22-20(25)17-9-12-24(13-10-17)21(26)18-15-19(28-23-18)16-7-4-3-5-8-16/h3-5,7-8,15,17H,2,6,9-14H2,1H3,(H,22,25). The second kappa shape index (κ2) is 10.0. The highest BCUT2D eigenvalue weighted by Crippen LogP contribution is 2.23. The molecule has 1 aromatic carbocycles. The van der Waals surface area contributed by atoms with E-state index in [1.807, 2.05) is 37.3 Å². The van der Waals surface area contributed by atoms with Gasteiger partial charge in [0.1, 0.15) is 0 Å². The first-order valence-electron chi connectivity index (χ1n) is 9.86. The first-order chi connectivity index (χ1) is 13.7. The van der Waals surface area contributed by atoms with Gasteiger partial charge in [-0.25, -0.2) is 0 Å². The molecule has 0 aliphatic carbocycles. The summed E-state index contributed by atoms with van der Waals surface area (Å²) in [5.74, 6) is 0.441. The zero-order valence-electron chi connectivity index (χ0n) is 16.2. The van der Waals surface area contributed by atoms with Crippen LogP contribution in [0.25, 0.3) is 11.3 Å². The van der Waals surface area contributed by atoms with Gasteiger partial charge in [0.05, 0.1) is 0 Å². The lowest BCUT2D eigenvalue weighted by Crippen LogP contribution is -2.43. The van der Waals surface area contributed by atoms with E-state index in [1.165, 1.54) is 0 Å². The molecule has 0 saturated carbocycles. The SMILES string of the molecule is CCOCCCNC(=O)C1CCN(C(=O)c2cc(-c3ccccc3)on2)CC1. The van der Waals surface area contributed by atoms with Gasteiger partial charge in [0, 0.05) is 50.4 Å². The Kier molecular flexibility index (Phi) is 7.19. The maximum atomic E-state index is 12.7. The van der Waals surface area contributed by atoms with Gasteiger partial charge in [-0.05, 0) is 26.2 Å². The third kappa shape index (κ3) is 5.19. The number of nitrogens with zero attached hydrogens (tertiary/aromatic N) is 2. The van der Waals surface area contributed by atoms with Crippen LogP contribution in [-0.2, 0) is 9.53 Å². The molecule has 1 aromatic heterocycles. The van der Waals surface area contributed by atoms with Crippen molar-refractivity contribution in [3.8, 4) is 11.3 Å². The van der Waals surface area contributed by atoms with Gasteiger partial charge < -0.3 is 19.5 Å². The number of rotatable bonds is 8. The van der Waals surface area contributed by atoms with Crippen molar-refractivity contribution in [1.82, 2.24) is 15.4 Å². The maximum Gasteiger partial charge on any atom is 0.276 e. The molecule has 0 unspecified atom stereocenters. The molecule has 1 saturated heterocycles. The maximum absolute atomic E-state index is 12.7. The van der Waals surface area contributed by atoms with Crippen LogP contribution in [0.2, 0.25) is 0 Å². The van der Waals surface area contributed by atoms with E-state index in [4.69, 9.17) is 9.26 Å². The Bertz CT molecular complexity index is 767. The van der Waals surface area contributed by atoms with Crippen molar-refractivity contribution in [2.75, 3.05) is 32.8 Å². The minimum Gasteiger partial charge on any atom is -0.382 e. The van der Waals surface area contributed by atoms with E-state index < -0.39 is 0 Å². The predicted octanol–water partition coefficient (Wildman–Crippen LogP) is 2.74. The van der Waals surface area contributed by atoms with E-state index in [1.54, 1.807) is 11.0 Å². The van der Waals surface area contributed by atoms with Crippen LogP contribution < -0.4 is 5.32 Å². The number of nitrogens with one attached hydrogen (secondary N) is 1. The largest absolute Gasteiger partial charge is 0.382 e. The fourth-order valence-corrected chi connectivity index (χ4v) is 3.30. The average Bonchev–Trinajstić information content (AvgIpc) is 3.24. The van der Waals surface area contributed by atoms with Gasteiger partial charge >= 0.3 is 0 Å². The van der Waals surface area contributed by atoms with Crippen LogP contribution in [-0.4, -0.2) is 54.7 Å². The summed E-state index contributed by atoms with van der Waals surface area (Å²) in [7, 11) is 0. The van der Waals surface area contributed by atoms with Crippen molar-refractivity contribution < 1.29 is 18.8 Å². The number of amides is 2. The van der Waals surface area contributed by atoms with Crippen LogP contribution in [0.1, 0.15) is 36.7 Å². The van der Waals surface area contributed by atoms with Crippen LogP contribution in [0.3, 0.4) is 0 Å². The Balaban J connectivity index is 1.46. The van der Waals surface area contributed by atoms with Gasteiger partial charge in [-0.15, -0.1) is 0 Å². The monoisotopic (exact) mass is 385 g/mol. The highest BCUT2D eigenvalue weighted by atomic mass is 16.5. The number of ether oxygens (including phenoxy) is 1. The van der Waals surface area contributed by atoms with Crippen LogP contribution in [0.4, 0.5) is 0 Å². The quantitative estimate of drug-likeness (QED) is 0.707. The van der Waals surface area contributed by atoms with E-state index in [0.717, 1.165) is 12.0 Å². The minimum atomic E-state index is -0.151. The topological polar surface area (TPSA) is 84.7 Å². The number of aromatic nitrogens is 1. The molecular formula is C21H27N3O4. The average molecular weight is 385 g/mol. The van der Waals surface area contributed by atoms with Gasteiger partial charge in [-0.1, -0.05) is 35.5 Å². The van der Waals surface area contributed by atoms with Crippen molar-refractivity contribution in [2.45, 2.75) is 26.2 Å². The Morgan fingerprint density at radius 1 is 1.25 bits per heavy atom. The van der Waals surface area contributed by atoms with E-state index >= 15 is 0 Å². The van der Waals surface area contributed by atoms with Gasteiger partial charge in [-0.2, -0.15) is 0 Å². The number of piperidine rings is 1. The van der Waals surface area contributed by atoms with Crippen LogP contribution >= 0.6 is 0 Å². The van der Waals surface area contributed by atoms with Gasteiger partial charge in [0.2, 0.25) is 5.91 Å². The molecule has 150 valence electrons. The fourth-order valence-electron chi connectivity index (χ4n) is 3.30. The zero-order valence-corrected chi connectivity index (χ0v) is 16.2. The summed E-state index contributed by atoms with van der Waals surface area (Å²) in [5, 5.41) is 6.89. The molecule has 2 heterocycles. The number of carbonyl (C=O) groups excluding carboxylic acids is 2. The molecule has 1 aliphatic rings. The molecule has 2 amide bonds. The van der Waals surface area contributed by atoms with E-state index in [9.17, 15) is 9.59 Å². The predicted molar refractivity (Wildman–Crippen MR) is 105 cm³/mol. The molecule has 1 fully saturated rings. The lowest BCUT2D eigenvalue weighted by Gasteiger charge is -2.30. The number of hydrogen-bond acceptors (Lipinski definition) is 5. The lowest BCUT2D eigenvalue weighted by molar-refractivity contribution is -0.126. The highest BCUT2D eigenvalue weighted by Gasteiger charge is 2.29. The molecule has 3 rings (SSSR count). The van der Waals surface area contributed by atoms with Crippen LogP contribution in [0.5, 0.6) is 0 Å². The molecule has 0 atom stereocenters. The van der Waals surface area contributed by atoms with Crippen molar-refractivity contribution >= 4 is 11.8 Å². The molecule has 28 heavy (non-hydrogen) atoms. The fraction of sp³-hybridized carbons (Fsp3) is 0.476. The molecule has 1 aliphatic heterocycles. The molecule has 1 N–H and O–H groups in total. The summed E-state index contributed by atoms with van der Waals surface area (Å²) in [4.78, 5) is 26.7. The molecule has 2 aromatic rings. The summed E-state index contributed by atoms with van der Waals surface area (Å²) in [5.41, 5.74) is 1.19. The Hall–Kier alpha value is -2.67. The lowest BCUT2D eigenvalue weighted by atomic mass is 9.95. The summed E-state index contributed by atoms with van der Waals surface area (Å²) < 4.78 is 10.6. The van der Waals surface area contributed by atoms with Crippen molar-refractivity contribution in [3.05, 3.63) is 42.1 Å². The van der Waals surface area contributed by atoms with Crippen molar-refractivity contribution in [1.29, 1.82) is 0 Å². The number of hydrogen-bond donors (Lipinski definition) is 1. The minimum absolute atomic E-state index is 0.0478. The second-order valence-corrected chi connectivity index (χ2v) is 6.85. The summed E-state index contributed by atoms with van der Waals surface area (Å²) >= 11 is 0. The first-order valence-corrected chi connectivity index (χ1v) is 9.86. The Labute approximate surface area is 165 Å². The molecule has 0 radical (unpaired) electrons. The summed E-state index contributed by atoms with van der Waals surface area (Å²) in [6.07, 6.45) is 2.13. The molecule has 7 nitrogen and oxygen atoms in total. The van der Waals surface area contributed by atoms with Gasteiger partial charge in [0.15, 0.2) is 11.5 Å². The molecule has 0 spiro atoms. The van der Waals surface area contributed by atoms with Crippen molar-refractivity contribution in [3.63, 3.8) is 0 Å². The third-order valence-corrected chi connectivity index (χ3v) is 4.91. The highest BCUT2D eigenvalue weighted by molar-refractivity contribution is 5.93. The number of benzene rings is 1. The molecule has 0 bridgehead atoms. The Morgan fingerprint density at radius 2 is 2.00 bits per heavy atom. The number of carbonyl (C=O) groups is 2. The first kappa shape index (κ1) is 20.1. The second-order valence-electron chi connectivity index (χ2n) is 6.85. The summed E-state index contributed by atoms with van der Waals surface area (Å²) in [6.45, 7) is 5.02. The summed E-state index contributed by atoms with van der Waals surface area (Å²) in [6, 6.07) is 11.2. The van der Waals surface area contributed by atoms with E-state index in [-0.39, 0.29) is 17.7 Å². The van der Waals surface area contributed by atoms with Gasteiger partial charge in [-0.3, -0.25) is 9.59 Å². The smallest absolute Gasteiger partial charge is 0.276 e. The van der Waals surface area contributed by atoms with Crippen molar-refractivity contribution in [2.24, 2.45) is 5.92 Å². The normalized spacial score (nSPS) is 14.8. The molecule has 7 heteroatoms. The molecular weight excluding hydrogens is 358 g/mol. The Morgan fingerprint density at radius 3 is 2.71 bits per heavy atom. The van der Waals surface area contributed by atoms with Gasteiger partial charge in [0.25, 0.3) is 5.91 Å². The van der Waals surface area contributed by atoms with Crippen LogP contribution in [0, 0.1) is 5.92 Å². The number of likely N-dealkylation sites (tertiary alicyclic amines) is 1. The van der Waals surface area contributed by atoms with E-state index in [2.05, 4.69) is 10.5 Å².